The molecule has 2 aromatic carbocycles. The van der Waals surface area contributed by atoms with Crippen molar-refractivity contribution in [1.29, 1.82) is 0 Å². The Bertz CT molecular complexity index is 1560. The number of carbonyl (C=O) groups excluding carboxylic acids is 1. The molecule has 11 heteroatoms. The fourth-order valence-corrected chi connectivity index (χ4v) is 4.77. The fourth-order valence-electron chi connectivity index (χ4n) is 4.52. The number of aromatic amines is 1. The largest absolute Gasteiger partial charge is 0.466 e. The fraction of sp³-hybridized carbons (Fsp3) is 0.276. The van der Waals surface area contributed by atoms with Gasteiger partial charge in [0.2, 0.25) is 5.82 Å². The molecule has 5 rings (SSSR count). The molecule has 0 radical (unpaired) electrons. The highest BCUT2D eigenvalue weighted by atomic mass is 35.5. The van der Waals surface area contributed by atoms with Gasteiger partial charge in [0.15, 0.2) is 5.15 Å². The summed E-state index contributed by atoms with van der Waals surface area (Å²) < 4.78 is 18.3. The van der Waals surface area contributed by atoms with Gasteiger partial charge in [0.25, 0.3) is 0 Å². The Morgan fingerprint density at radius 2 is 1.88 bits per heavy atom. The standard InChI is InChI=1S/C29H29ClN6O4/c1-3-4-9-26-31-27(30)24(17-39-18-25-23(14-15-40-25)29(37)38-2)36(26)16-19-10-12-20(13-11-19)21-7-5-6-8-22(21)28-32-34-35-33-28/h5-8,10-15H,3-4,9,16-18H2,1-2H3,(H,32,33,34,35). The normalized spacial score (nSPS) is 11.2. The maximum Gasteiger partial charge on any atom is 0.341 e. The lowest BCUT2D eigenvalue weighted by molar-refractivity contribution is 0.0578. The van der Waals surface area contributed by atoms with Gasteiger partial charge in [-0.3, -0.25) is 0 Å². The zero-order valence-corrected chi connectivity index (χ0v) is 23.0. The minimum absolute atomic E-state index is 0.0950. The lowest BCUT2D eigenvalue weighted by Crippen LogP contribution is -2.11. The van der Waals surface area contributed by atoms with Crippen LogP contribution in [0.2, 0.25) is 5.15 Å². The summed E-state index contributed by atoms with van der Waals surface area (Å²) >= 11 is 6.60. The molecule has 0 bridgehead atoms. The maximum atomic E-state index is 12.0. The van der Waals surface area contributed by atoms with Gasteiger partial charge in [0.05, 0.1) is 25.7 Å². The van der Waals surface area contributed by atoms with Crippen molar-refractivity contribution in [2.45, 2.75) is 45.9 Å². The second kappa shape index (κ2) is 12.7. The van der Waals surface area contributed by atoms with Gasteiger partial charge >= 0.3 is 5.97 Å². The molecule has 0 saturated carbocycles. The van der Waals surface area contributed by atoms with Crippen molar-refractivity contribution in [3.8, 4) is 22.5 Å². The van der Waals surface area contributed by atoms with E-state index < -0.39 is 5.97 Å². The molecule has 40 heavy (non-hydrogen) atoms. The zero-order valence-electron chi connectivity index (χ0n) is 22.3. The molecular formula is C29H29ClN6O4. The number of imidazole rings is 1. The first-order valence-electron chi connectivity index (χ1n) is 13.0. The van der Waals surface area contributed by atoms with Crippen molar-refractivity contribution in [3.05, 3.63) is 94.4 Å². The highest BCUT2D eigenvalue weighted by Crippen LogP contribution is 2.30. The number of halogens is 1. The van der Waals surface area contributed by atoms with Crippen LogP contribution in [0.1, 0.15) is 53.0 Å². The molecule has 0 aliphatic rings. The van der Waals surface area contributed by atoms with Crippen LogP contribution in [0.3, 0.4) is 0 Å². The van der Waals surface area contributed by atoms with E-state index in [9.17, 15) is 4.79 Å². The zero-order chi connectivity index (χ0) is 27.9. The van der Waals surface area contributed by atoms with Crippen molar-refractivity contribution >= 4 is 17.6 Å². The smallest absolute Gasteiger partial charge is 0.341 e. The van der Waals surface area contributed by atoms with Crippen LogP contribution in [-0.2, 0) is 35.7 Å². The predicted molar refractivity (Wildman–Crippen MR) is 149 cm³/mol. The van der Waals surface area contributed by atoms with E-state index in [1.54, 1.807) is 6.07 Å². The molecule has 0 aliphatic heterocycles. The third kappa shape index (κ3) is 5.98. The summed E-state index contributed by atoms with van der Waals surface area (Å²) in [5.41, 5.74) is 5.16. The second-order valence-electron chi connectivity index (χ2n) is 9.17. The van der Waals surface area contributed by atoms with Crippen LogP contribution >= 0.6 is 11.6 Å². The number of carbonyl (C=O) groups is 1. The number of hydrogen-bond donors (Lipinski definition) is 1. The Morgan fingerprint density at radius 1 is 1.07 bits per heavy atom. The molecule has 0 saturated heterocycles. The van der Waals surface area contributed by atoms with Gasteiger partial charge in [-0.1, -0.05) is 73.5 Å². The third-order valence-corrected chi connectivity index (χ3v) is 6.90. The Hall–Kier alpha value is -4.28. The van der Waals surface area contributed by atoms with Crippen LogP contribution in [0.15, 0.2) is 65.3 Å². The highest BCUT2D eigenvalue weighted by molar-refractivity contribution is 6.30. The van der Waals surface area contributed by atoms with E-state index >= 15 is 0 Å². The van der Waals surface area contributed by atoms with Gasteiger partial charge in [-0.2, -0.15) is 5.21 Å². The van der Waals surface area contributed by atoms with Gasteiger partial charge in [-0.25, -0.2) is 9.78 Å². The Kier molecular flexibility index (Phi) is 8.68. The lowest BCUT2D eigenvalue weighted by Gasteiger charge is -2.14. The summed E-state index contributed by atoms with van der Waals surface area (Å²) in [4.78, 5) is 16.6. The summed E-state index contributed by atoms with van der Waals surface area (Å²) in [5, 5.41) is 14.9. The quantitative estimate of drug-likeness (QED) is 0.188. The monoisotopic (exact) mass is 560 g/mol. The SMILES string of the molecule is CCCCc1nc(Cl)c(COCc2occc2C(=O)OC)n1Cc1ccc(-c2ccccc2-c2nn[nH]n2)cc1. The summed E-state index contributed by atoms with van der Waals surface area (Å²) in [6, 6.07) is 17.9. The van der Waals surface area contributed by atoms with E-state index in [1.807, 2.05) is 24.3 Å². The Balaban J connectivity index is 1.36. The second-order valence-corrected chi connectivity index (χ2v) is 9.53. The van der Waals surface area contributed by atoms with Crippen molar-refractivity contribution < 1.29 is 18.7 Å². The molecule has 1 N–H and O–H groups in total. The van der Waals surface area contributed by atoms with E-state index in [1.165, 1.54) is 13.4 Å². The minimum atomic E-state index is -0.472. The average Bonchev–Trinajstić information content (AvgIpc) is 3.74. The number of esters is 1. The van der Waals surface area contributed by atoms with Crippen LogP contribution in [0.4, 0.5) is 0 Å². The van der Waals surface area contributed by atoms with E-state index in [0.29, 0.717) is 28.8 Å². The first-order valence-corrected chi connectivity index (χ1v) is 13.3. The Morgan fingerprint density at radius 3 is 2.60 bits per heavy atom. The van der Waals surface area contributed by atoms with Crippen LogP contribution in [0, 0.1) is 0 Å². The first-order chi connectivity index (χ1) is 19.6. The van der Waals surface area contributed by atoms with Gasteiger partial charge in [-0.15, -0.1) is 10.2 Å². The molecule has 3 aromatic heterocycles. The number of unbranched alkanes of at least 4 members (excludes halogenated alkanes) is 1. The van der Waals surface area contributed by atoms with Crippen molar-refractivity contribution in [1.82, 2.24) is 30.2 Å². The summed E-state index contributed by atoms with van der Waals surface area (Å²) in [6.07, 6.45) is 4.28. The number of nitrogens with zero attached hydrogens (tertiary/aromatic N) is 5. The van der Waals surface area contributed by atoms with Crippen LogP contribution in [0.5, 0.6) is 0 Å². The number of methoxy groups -OCH3 is 1. The van der Waals surface area contributed by atoms with Gasteiger partial charge in [0.1, 0.15) is 23.8 Å². The average molecular weight is 561 g/mol. The van der Waals surface area contributed by atoms with E-state index in [4.69, 9.17) is 25.5 Å². The molecule has 206 valence electrons. The molecule has 10 nitrogen and oxygen atoms in total. The molecule has 0 unspecified atom stereocenters. The number of ether oxygens (including phenoxy) is 2. The number of furan rings is 1. The number of aryl methyl sites for hydroxylation is 1. The number of H-pyrrole nitrogens is 1. The molecule has 0 aliphatic carbocycles. The van der Waals surface area contributed by atoms with E-state index in [2.05, 4.69) is 61.4 Å². The van der Waals surface area contributed by atoms with Gasteiger partial charge in [0, 0.05) is 18.5 Å². The van der Waals surface area contributed by atoms with Gasteiger partial charge < -0.3 is 18.5 Å². The molecule has 0 amide bonds. The van der Waals surface area contributed by atoms with Crippen LogP contribution in [-0.4, -0.2) is 43.3 Å². The third-order valence-electron chi connectivity index (χ3n) is 6.60. The number of tetrazole rings is 1. The van der Waals surface area contributed by atoms with Crippen molar-refractivity contribution in [3.63, 3.8) is 0 Å². The highest BCUT2D eigenvalue weighted by Gasteiger charge is 2.19. The molecule has 3 heterocycles. The first kappa shape index (κ1) is 27.3. The topological polar surface area (TPSA) is 121 Å². The number of hydrogen-bond acceptors (Lipinski definition) is 8. The summed E-state index contributed by atoms with van der Waals surface area (Å²) in [6.45, 7) is 3.03. The number of aromatic nitrogens is 6. The van der Waals surface area contributed by atoms with E-state index in [-0.39, 0.29) is 13.2 Å². The number of benzene rings is 2. The number of rotatable bonds is 12. The molecule has 0 spiro atoms. The predicted octanol–water partition coefficient (Wildman–Crippen LogP) is 5.87. The van der Waals surface area contributed by atoms with E-state index in [0.717, 1.165) is 53.0 Å². The van der Waals surface area contributed by atoms with Crippen molar-refractivity contribution in [2.24, 2.45) is 0 Å². The van der Waals surface area contributed by atoms with Gasteiger partial charge in [-0.05, 0) is 34.4 Å². The van der Waals surface area contributed by atoms with Crippen LogP contribution in [0.25, 0.3) is 22.5 Å². The van der Waals surface area contributed by atoms with Crippen molar-refractivity contribution in [2.75, 3.05) is 7.11 Å². The maximum absolute atomic E-state index is 12.0. The lowest BCUT2D eigenvalue weighted by atomic mass is 9.98. The molecule has 0 fully saturated rings. The summed E-state index contributed by atoms with van der Waals surface area (Å²) in [7, 11) is 1.33. The molecule has 5 aromatic rings. The minimum Gasteiger partial charge on any atom is -0.466 e. The summed E-state index contributed by atoms with van der Waals surface area (Å²) in [5.74, 6) is 1.38. The number of nitrogens with one attached hydrogen (secondary N) is 1. The molecule has 0 atom stereocenters. The Labute approximate surface area is 236 Å². The van der Waals surface area contributed by atoms with Crippen LogP contribution < -0.4 is 0 Å². The molecular weight excluding hydrogens is 532 g/mol.